The van der Waals surface area contributed by atoms with E-state index < -0.39 is 22.1 Å². The third-order valence-electron chi connectivity index (χ3n) is 5.26. The van der Waals surface area contributed by atoms with Crippen molar-refractivity contribution >= 4 is 44.9 Å². The van der Waals surface area contributed by atoms with E-state index in [9.17, 15) is 17.6 Å². The smallest absolute Gasteiger partial charge is 0.414 e. The van der Waals surface area contributed by atoms with Crippen LogP contribution >= 0.6 is 12.2 Å². The lowest BCUT2D eigenvalue weighted by molar-refractivity contribution is 0.130. The molecule has 166 valence electrons. The molecule has 2 heterocycles. The highest BCUT2D eigenvalue weighted by Gasteiger charge is 2.34. The number of ether oxygens (including phenoxy) is 1. The SMILES string of the molecule is CCC(=S)N(C)CC1CN(c2ccc(N3CCN(S(N)(=O)=O)CC3)c(F)c2)C(=O)O1. The van der Waals surface area contributed by atoms with E-state index in [1.165, 1.54) is 11.0 Å². The number of hydrogen-bond acceptors (Lipinski definition) is 6. The predicted molar refractivity (Wildman–Crippen MR) is 116 cm³/mol. The van der Waals surface area contributed by atoms with Gasteiger partial charge in [0.05, 0.1) is 29.5 Å². The van der Waals surface area contributed by atoms with Gasteiger partial charge in [-0.2, -0.15) is 12.7 Å². The van der Waals surface area contributed by atoms with Crippen LogP contribution in [-0.4, -0.2) is 81.1 Å². The first-order valence-corrected chi connectivity index (χ1v) is 11.6. The number of carbonyl (C=O) groups excluding carboxylic acids is 1. The van der Waals surface area contributed by atoms with Crippen molar-refractivity contribution in [1.29, 1.82) is 0 Å². The van der Waals surface area contributed by atoms with Gasteiger partial charge in [0.15, 0.2) is 0 Å². The standard InChI is InChI=1S/C18H26FN5O4S2/c1-3-17(29)21(2)11-14-12-24(18(25)28-14)13-4-5-16(15(19)10-13)22-6-8-23(9-7-22)30(20,26)27/h4-5,10,14H,3,6-9,11-12H2,1-2H3,(H2,20,26,27). The fourth-order valence-electron chi connectivity index (χ4n) is 3.61. The van der Waals surface area contributed by atoms with E-state index in [0.29, 0.717) is 37.6 Å². The molecule has 1 atom stereocenters. The second kappa shape index (κ2) is 9.00. The van der Waals surface area contributed by atoms with Crippen LogP contribution in [0, 0.1) is 5.82 Å². The van der Waals surface area contributed by atoms with Crippen molar-refractivity contribution in [3.63, 3.8) is 0 Å². The molecule has 1 aromatic rings. The molecule has 0 bridgehead atoms. The first-order chi connectivity index (χ1) is 14.1. The molecule has 0 aromatic heterocycles. The number of amides is 1. The molecule has 3 rings (SSSR count). The minimum Gasteiger partial charge on any atom is -0.442 e. The van der Waals surface area contributed by atoms with Crippen molar-refractivity contribution in [3.8, 4) is 0 Å². The fraction of sp³-hybridized carbons (Fsp3) is 0.556. The second-order valence-corrected chi connectivity index (χ2v) is 9.33. The maximum Gasteiger partial charge on any atom is 0.414 e. The summed E-state index contributed by atoms with van der Waals surface area (Å²) in [6, 6.07) is 4.55. The summed E-state index contributed by atoms with van der Waals surface area (Å²) in [6.07, 6.45) is -0.153. The van der Waals surface area contributed by atoms with E-state index in [1.54, 1.807) is 17.0 Å². The van der Waals surface area contributed by atoms with Crippen molar-refractivity contribution < 1.29 is 22.3 Å². The van der Waals surface area contributed by atoms with E-state index in [4.69, 9.17) is 22.1 Å². The zero-order chi connectivity index (χ0) is 22.1. The highest BCUT2D eigenvalue weighted by Crippen LogP contribution is 2.29. The molecule has 1 unspecified atom stereocenters. The number of nitrogens with zero attached hydrogens (tertiary/aromatic N) is 4. The average Bonchev–Trinajstić information content (AvgIpc) is 3.06. The second-order valence-electron chi connectivity index (χ2n) is 7.31. The van der Waals surface area contributed by atoms with Gasteiger partial charge in [0.25, 0.3) is 10.2 Å². The van der Waals surface area contributed by atoms with Crippen LogP contribution in [0.3, 0.4) is 0 Å². The van der Waals surface area contributed by atoms with E-state index in [-0.39, 0.29) is 19.2 Å². The van der Waals surface area contributed by atoms with Crippen molar-refractivity contribution in [2.24, 2.45) is 5.14 Å². The summed E-state index contributed by atoms with van der Waals surface area (Å²) in [6.45, 7) is 3.77. The van der Waals surface area contributed by atoms with Crippen molar-refractivity contribution in [2.45, 2.75) is 19.4 Å². The molecule has 0 saturated carbocycles. The summed E-state index contributed by atoms with van der Waals surface area (Å²) < 4.78 is 44.2. The number of anilines is 2. The summed E-state index contributed by atoms with van der Waals surface area (Å²) in [5, 5.41) is 5.14. The molecule has 2 aliphatic heterocycles. The number of likely N-dealkylation sites (N-methyl/N-ethyl adjacent to an activating group) is 1. The molecule has 2 aliphatic rings. The molecule has 1 aromatic carbocycles. The quantitative estimate of drug-likeness (QED) is 0.637. The summed E-state index contributed by atoms with van der Waals surface area (Å²) in [7, 11) is -1.89. The Morgan fingerprint density at radius 3 is 2.57 bits per heavy atom. The predicted octanol–water partition coefficient (Wildman–Crippen LogP) is 1.15. The topological polar surface area (TPSA) is 99.4 Å². The maximum absolute atomic E-state index is 14.8. The van der Waals surface area contributed by atoms with Crippen LogP contribution in [0.25, 0.3) is 0 Å². The van der Waals surface area contributed by atoms with Crippen molar-refractivity contribution in [1.82, 2.24) is 9.21 Å². The van der Waals surface area contributed by atoms with Crippen LogP contribution in [0.5, 0.6) is 0 Å². The fourth-order valence-corrected chi connectivity index (χ4v) is 4.36. The Morgan fingerprint density at radius 1 is 1.33 bits per heavy atom. The maximum atomic E-state index is 14.8. The molecule has 30 heavy (non-hydrogen) atoms. The number of carbonyl (C=O) groups is 1. The van der Waals surface area contributed by atoms with Gasteiger partial charge < -0.3 is 14.5 Å². The Morgan fingerprint density at radius 2 is 2.00 bits per heavy atom. The molecular formula is C18H26FN5O4S2. The summed E-state index contributed by atoms with van der Waals surface area (Å²) in [5.41, 5.74) is 0.762. The monoisotopic (exact) mass is 459 g/mol. The van der Waals surface area contributed by atoms with Crippen LogP contribution in [0.2, 0.25) is 0 Å². The van der Waals surface area contributed by atoms with Gasteiger partial charge in [-0.15, -0.1) is 0 Å². The highest BCUT2D eigenvalue weighted by atomic mass is 32.2. The Kier molecular flexibility index (Phi) is 6.80. The lowest BCUT2D eigenvalue weighted by Gasteiger charge is -2.34. The van der Waals surface area contributed by atoms with Gasteiger partial charge in [-0.3, -0.25) is 4.90 Å². The van der Waals surface area contributed by atoms with Crippen molar-refractivity contribution in [2.75, 3.05) is 56.1 Å². The van der Waals surface area contributed by atoms with Gasteiger partial charge in [0, 0.05) is 33.2 Å². The molecule has 0 radical (unpaired) electrons. The zero-order valence-electron chi connectivity index (χ0n) is 17.0. The lowest BCUT2D eigenvalue weighted by Crippen LogP contribution is -2.50. The van der Waals surface area contributed by atoms with Gasteiger partial charge in [0.2, 0.25) is 0 Å². The molecule has 0 spiro atoms. The molecule has 1 amide bonds. The number of rotatable bonds is 6. The van der Waals surface area contributed by atoms with E-state index >= 15 is 0 Å². The van der Waals surface area contributed by atoms with E-state index in [2.05, 4.69) is 0 Å². The van der Waals surface area contributed by atoms with Gasteiger partial charge in [-0.25, -0.2) is 14.3 Å². The zero-order valence-corrected chi connectivity index (χ0v) is 18.6. The van der Waals surface area contributed by atoms with Crippen LogP contribution in [0.4, 0.5) is 20.6 Å². The molecule has 12 heteroatoms. The summed E-state index contributed by atoms with van der Waals surface area (Å²) in [4.78, 5) is 18.1. The number of halogens is 1. The molecule has 2 N–H and O–H groups in total. The number of benzene rings is 1. The molecule has 9 nitrogen and oxygen atoms in total. The Hall–Kier alpha value is -2.02. The highest BCUT2D eigenvalue weighted by molar-refractivity contribution is 7.86. The number of piperazine rings is 1. The van der Waals surface area contributed by atoms with Crippen LogP contribution in [0.15, 0.2) is 18.2 Å². The average molecular weight is 460 g/mol. The Labute approximate surface area is 181 Å². The van der Waals surface area contributed by atoms with Crippen LogP contribution in [0.1, 0.15) is 13.3 Å². The normalized spacial score (nSPS) is 20.4. The van der Waals surface area contributed by atoms with E-state index in [0.717, 1.165) is 15.7 Å². The Bertz CT molecular complexity index is 921. The molecule has 2 saturated heterocycles. The first kappa shape index (κ1) is 22.7. The van der Waals surface area contributed by atoms with Crippen LogP contribution in [-0.2, 0) is 14.9 Å². The summed E-state index contributed by atoms with van der Waals surface area (Å²) >= 11 is 5.26. The van der Waals surface area contributed by atoms with Gasteiger partial charge in [-0.1, -0.05) is 19.1 Å². The Balaban J connectivity index is 1.65. The lowest BCUT2D eigenvalue weighted by atomic mass is 10.2. The van der Waals surface area contributed by atoms with Crippen LogP contribution < -0.4 is 14.9 Å². The number of cyclic esters (lactones) is 1. The summed E-state index contributed by atoms with van der Waals surface area (Å²) in [5.74, 6) is -0.489. The molecular weight excluding hydrogens is 433 g/mol. The number of hydrogen-bond donors (Lipinski definition) is 1. The van der Waals surface area contributed by atoms with E-state index in [1.807, 2.05) is 18.9 Å². The third-order valence-corrected chi connectivity index (χ3v) is 6.95. The first-order valence-electron chi connectivity index (χ1n) is 9.64. The van der Waals surface area contributed by atoms with Gasteiger partial charge in [-0.05, 0) is 24.6 Å². The van der Waals surface area contributed by atoms with Gasteiger partial charge in [0.1, 0.15) is 11.9 Å². The number of thiocarbonyl (C=S) groups is 1. The number of nitrogens with two attached hydrogens (primary N) is 1. The minimum atomic E-state index is -3.74. The van der Waals surface area contributed by atoms with Crippen molar-refractivity contribution in [3.05, 3.63) is 24.0 Å². The third kappa shape index (κ3) is 4.99. The molecule has 0 aliphatic carbocycles. The minimum absolute atomic E-state index is 0.188. The van der Waals surface area contributed by atoms with Gasteiger partial charge >= 0.3 is 6.09 Å². The largest absolute Gasteiger partial charge is 0.442 e. The molecule has 2 fully saturated rings.